The third-order valence-corrected chi connectivity index (χ3v) is 15.9. The molecule has 3 saturated heterocycles. The highest BCUT2D eigenvalue weighted by atomic mass is 16.7. The Balaban J connectivity index is 1.38. The van der Waals surface area contributed by atoms with E-state index < -0.39 is 176 Å². The highest BCUT2D eigenvalue weighted by Crippen LogP contribution is 2.30. The molecule has 4 amide bonds. The Kier molecular flexibility index (Phi) is 53.2. The van der Waals surface area contributed by atoms with Crippen molar-refractivity contribution < 1.29 is 186 Å². The lowest BCUT2D eigenvalue weighted by molar-refractivity contribution is -0.267. The Bertz CT molecular complexity index is 2930. The molecule has 5 N–H and O–H groups in total. The van der Waals surface area contributed by atoms with E-state index in [0.717, 1.165) is 0 Å². The zero-order valence-electron chi connectivity index (χ0n) is 66.8. The number of carboxylic acids is 1. The van der Waals surface area contributed by atoms with E-state index in [1.165, 1.54) is 62.3 Å². The minimum absolute atomic E-state index is 0.00402. The van der Waals surface area contributed by atoms with E-state index in [1.807, 2.05) is 0 Å². The molecule has 43 nitrogen and oxygen atoms in total. The molecule has 3 fully saturated rings. The number of nitrogens with one attached hydrogen (secondary N) is 4. The highest BCUT2D eigenvalue weighted by molar-refractivity contribution is 5.90. The van der Waals surface area contributed by atoms with Crippen molar-refractivity contribution in [2.75, 3.05) is 172 Å². The summed E-state index contributed by atoms with van der Waals surface area (Å²) in [4.78, 5) is 170. The van der Waals surface area contributed by atoms with Gasteiger partial charge in [0.1, 0.15) is 88.3 Å². The molecule has 0 aromatic carbocycles. The molecule has 3 aliphatic heterocycles. The summed E-state index contributed by atoms with van der Waals surface area (Å²) in [7, 11) is 0. The van der Waals surface area contributed by atoms with Crippen LogP contribution in [0, 0.1) is 0 Å². The molecule has 3 heterocycles. The fraction of sp³-hybridized carbons (Fsp3) is 0.806. The van der Waals surface area contributed by atoms with Gasteiger partial charge in [-0.2, -0.15) is 0 Å². The first-order valence-corrected chi connectivity index (χ1v) is 37.8. The third-order valence-electron chi connectivity index (χ3n) is 15.9. The average molecular weight is 1660 g/mol. The number of carbonyl (C=O) groups excluding carboxylic acids is 13. The van der Waals surface area contributed by atoms with Crippen LogP contribution >= 0.6 is 0 Å². The molecule has 0 aromatic rings. The van der Waals surface area contributed by atoms with Crippen LogP contribution in [0.4, 0.5) is 0 Å². The molecule has 0 spiro atoms. The van der Waals surface area contributed by atoms with Crippen LogP contribution in [0.15, 0.2) is 0 Å². The molecule has 0 bridgehead atoms. The fourth-order valence-corrected chi connectivity index (χ4v) is 11.1. The predicted molar refractivity (Wildman–Crippen MR) is 384 cm³/mol. The summed E-state index contributed by atoms with van der Waals surface area (Å²) in [5, 5.41) is 20.6. The predicted octanol–water partition coefficient (Wildman–Crippen LogP) is -1.56. The lowest BCUT2D eigenvalue weighted by Crippen LogP contribution is -2.54. The first kappa shape index (κ1) is 101. The van der Waals surface area contributed by atoms with Gasteiger partial charge in [-0.15, -0.1) is 0 Å². The summed E-state index contributed by atoms with van der Waals surface area (Å²) in [5.41, 5.74) is 0. The Morgan fingerprint density at radius 2 is 0.591 bits per heavy atom. The van der Waals surface area contributed by atoms with E-state index in [9.17, 15) is 72.2 Å². The number of esters is 9. The zero-order valence-corrected chi connectivity index (χ0v) is 66.8. The number of ether oxygens (including phenoxy) is 24. The van der Waals surface area contributed by atoms with Gasteiger partial charge in [0.25, 0.3) is 0 Å². The fourth-order valence-electron chi connectivity index (χ4n) is 11.1. The van der Waals surface area contributed by atoms with Gasteiger partial charge >= 0.3 is 59.7 Å². The van der Waals surface area contributed by atoms with E-state index in [2.05, 4.69) is 21.3 Å². The van der Waals surface area contributed by atoms with E-state index in [0.29, 0.717) is 12.8 Å². The minimum Gasteiger partial charge on any atom is -0.480 e. The maximum atomic E-state index is 13.7. The summed E-state index contributed by atoms with van der Waals surface area (Å²) in [6, 6.07) is -2.61. The van der Waals surface area contributed by atoms with Crippen LogP contribution in [-0.2, 0) is 181 Å². The van der Waals surface area contributed by atoms with Crippen LogP contribution in [0.1, 0.15) is 120 Å². The quantitative estimate of drug-likeness (QED) is 0.0261. The van der Waals surface area contributed by atoms with E-state index in [4.69, 9.17) is 114 Å². The van der Waals surface area contributed by atoms with Crippen molar-refractivity contribution in [1.82, 2.24) is 21.3 Å². The van der Waals surface area contributed by atoms with E-state index in [1.54, 1.807) is 0 Å². The summed E-state index contributed by atoms with van der Waals surface area (Å²) in [6.45, 7) is 10.9. The molecule has 0 radical (unpaired) electrons. The van der Waals surface area contributed by atoms with Gasteiger partial charge in [0, 0.05) is 94.7 Å². The Hall–Kier alpha value is -8.02. The highest BCUT2D eigenvalue weighted by Gasteiger charge is 2.47. The number of aliphatic carboxylic acids is 1. The maximum Gasteiger partial charge on any atom is 0.326 e. The summed E-state index contributed by atoms with van der Waals surface area (Å²) in [6.07, 6.45) is -10.4. The molecular formula is C72H116N4O39. The Morgan fingerprint density at radius 1 is 0.322 bits per heavy atom. The summed E-state index contributed by atoms with van der Waals surface area (Å²) in [5.74, 6) is -9.37. The van der Waals surface area contributed by atoms with Gasteiger partial charge < -0.3 is 140 Å². The number of hydrogen-bond donors (Lipinski definition) is 5. The average Bonchev–Trinajstić information content (AvgIpc) is 0.842. The maximum absolute atomic E-state index is 13.7. The SMILES string of the molecule is CC(=O)OC[C@H]1O[C@@H](OCCOCCOCCOCC(=O)NCCCC[C@H](NC(=O)[C@H](CCCCNC(=O)COCCOCCOCCO[C@H]2C[C@@H](OC(C)=O)[C@@H](OC(C)=O)[C@@H](COC(C)=O)O2)NC(=O)COCCOCCOCCO[C@H]2C[C@@H](OC(C)=O)[C@@H](OC(C)=O)[C@@H](COC(C)=O)O2)C(=O)O)C[C@@H](OC(C)=O)[C@H]1OC(C)=O. The van der Waals surface area contributed by atoms with E-state index in [-0.39, 0.29) is 210 Å². The standard InChI is InChI=1S/C72H116N4O39/c1-45(77)104-39-59-68(110-51(7)83)56(107-48(4)80)36-65(113-59)101-33-30-95-21-18-92-24-27-98-42-62(86)73-16-12-10-14-54(75-64(88)44-100-29-26-94-20-23-97-32-35-103-67-38-58(109-50(6)82)70(112-53(9)85)61(115-67)41-106-47(3)79)71(89)76-55(72(90)91)15-11-13-17-74-63(87)43-99-28-25-93-19-22-96-31-34-102-66-37-57(108-49(5)81)69(111-52(8)84)60(114-66)40-105-46(2)78/h54-61,65-70H,10-44H2,1-9H3,(H,73,86)(H,74,87)(H,75,88)(H,76,89)(H,90,91)/t54-,55-,56+,57+,58+,59+,60+,61+,65+,66+,67+,68+,69+,70+/m0/s1. The molecule has 14 atom stereocenters. The third kappa shape index (κ3) is 49.0. The molecule has 3 rings (SSSR count). The molecule has 0 aromatic heterocycles. The Morgan fingerprint density at radius 3 is 0.870 bits per heavy atom. The topological polar surface area (TPSA) is 529 Å². The zero-order chi connectivity index (χ0) is 84.7. The summed E-state index contributed by atoms with van der Waals surface area (Å²) < 4.78 is 132. The minimum atomic E-state index is -1.38. The molecule has 3 aliphatic rings. The number of hydrogen-bond acceptors (Lipinski definition) is 38. The van der Waals surface area contributed by atoms with Crippen molar-refractivity contribution in [3.8, 4) is 0 Å². The van der Waals surface area contributed by atoms with Gasteiger partial charge in [0.05, 0.1) is 119 Å². The van der Waals surface area contributed by atoms with Crippen molar-refractivity contribution >= 4 is 83.3 Å². The molecule has 0 unspecified atom stereocenters. The van der Waals surface area contributed by atoms with Crippen molar-refractivity contribution in [2.24, 2.45) is 0 Å². The summed E-state index contributed by atoms with van der Waals surface area (Å²) >= 11 is 0. The lowest BCUT2D eigenvalue weighted by atomic mass is 10.0. The van der Waals surface area contributed by atoms with Gasteiger partial charge in [0.2, 0.25) is 23.6 Å². The second-order valence-electron chi connectivity index (χ2n) is 25.7. The van der Waals surface area contributed by atoms with Crippen molar-refractivity contribution in [2.45, 2.75) is 206 Å². The van der Waals surface area contributed by atoms with Crippen LogP contribution in [0.3, 0.4) is 0 Å². The molecule has 115 heavy (non-hydrogen) atoms. The number of unbranched alkanes of at least 4 members (excludes halogenated alkanes) is 2. The van der Waals surface area contributed by atoms with Crippen LogP contribution in [0.5, 0.6) is 0 Å². The number of rotatable bonds is 62. The smallest absolute Gasteiger partial charge is 0.326 e. The largest absolute Gasteiger partial charge is 0.480 e. The second kappa shape index (κ2) is 60.5. The molecule has 0 saturated carbocycles. The molecule has 658 valence electrons. The van der Waals surface area contributed by atoms with Crippen molar-refractivity contribution in [3.05, 3.63) is 0 Å². The molecule has 43 heteroatoms. The normalized spacial score (nSPS) is 21.6. The van der Waals surface area contributed by atoms with Gasteiger partial charge in [-0.3, -0.25) is 62.3 Å². The molecular weight excluding hydrogens is 1540 g/mol. The number of carbonyl (C=O) groups is 14. The first-order chi connectivity index (χ1) is 55.0. The second-order valence-corrected chi connectivity index (χ2v) is 25.7. The van der Waals surface area contributed by atoms with Crippen LogP contribution in [0.2, 0.25) is 0 Å². The number of carboxylic acid groups (broad SMARTS) is 1. The monoisotopic (exact) mass is 1660 g/mol. The Labute approximate surface area is 666 Å². The van der Waals surface area contributed by atoms with Crippen molar-refractivity contribution in [1.29, 1.82) is 0 Å². The van der Waals surface area contributed by atoms with Crippen molar-refractivity contribution in [3.63, 3.8) is 0 Å². The van der Waals surface area contributed by atoms with Crippen LogP contribution < -0.4 is 21.3 Å². The molecule has 0 aliphatic carbocycles. The van der Waals surface area contributed by atoms with Crippen LogP contribution in [-0.4, -0.2) is 346 Å². The van der Waals surface area contributed by atoms with Gasteiger partial charge in [-0.25, -0.2) is 4.79 Å². The van der Waals surface area contributed by atoms with E-state index >= 15 is 0 Å². The first-order valence-electron chi connectivity index (χ1n) is 37.8. The lowest BCUT2D eigenvalue weighted by Gasteiger charge is -2.39. The van der Waals surface area contributed by atoms with Gasteiger partial charge in [0.15, 0.2) is 37.2 Å². The van der Waals surface area contributed by atoms with Gasteiger partial charge in [-0.1, -0.05) is 0 Å². The number of amides is 4. The van der Waals surface area contributed by atoms with Gasteiger partial charge in [-0.05, 0) is 38.5 Å². The van der Waals surface area contributed by atoms with Crippen LogP contribution in [0.25, 0.3) is 0 Å².